The summed E-state index contributed by atoms with van der Waals surface area (Å²) in [7, 11) is 1.54. The molecule has 2 N–H and O–H groups in total. The maximum absolute atomic E-state index is 5.77. The van der Waals surface area contributed by atoms with Gasteiger partial charge in [-0.3, -0.25) is 0 Å². The smallest absolute Gasteiger partial charge is 0.144 e. The molecule has 0 aliphatic carbocycles. The Morgan fingerprint density at radius 1 is 1.58 bits per heavy atom. The summed E-state index contributed by atoms with van der Waals surface area (Å²) in [5.41, 5.74) is 5.77. The number of rotatable bonds is 2. The molecule has 0 spiro atoms. The number of piperidine rings is 1. The van der Waals surface area contributed by atoms with Crippen LogP contribution < -0.4 is 5.73 Å². The molecule has 2 fully saturated rings. The van der Waals surface area contributed by atoms with Crippen LogP contribution in [0, 0.1) is 11.8 Å². The van der Waals surface area contributed by atoms with Gasteiger partial charge in [0.05, 0.1) is 0 Å². The Kier molecular flexibility index (Phi) is 1.92. The van der Waals surface area contributed by atoms with E-state index in [1.807, 2.05) is 0 Å². The fourth-order valence-corrected chi connectivity index (χ4v) is 2.29. The van der Waals surface area contributed by atoms with E-state index < -0.39 is 0 Å². The summed E-state index contributed by atoms with van der Waals surface area (Å²) in [4.78, 5) is 7.11. The van der Waals surface area contributed by atoms with Gasteiger partial charge in [0.25, 0.3) is 0 Å². The average Bonchev–Trinajstić information content (AvgIpc) is 2.64. The van der Waals surface area contributed by atoms with Gasteiger partial charge in [-0.25, -0.2) is 0 Å². The Labute approximate surface area is 72.3 Å². The fourth-order valence-electron chi connectivity index (χ4n) is 2.29. The van der Waals surface area contributed by atoms with Crippen molar-refractivity contribution in [2.75, 3.05) is 26.7 Å². The van der Waals surface area contributed by atoms with Gasteiger partial charge in [0, 0.05) is 19.0 Å². The van der Waals surface area contributed by atoms with Crippen molar-refractivity contribution in [1.82, 2.24) is 4.90 Å². The zero-order chi connectivity index (χ0) is 8.55. The zero-order valence-corrected chi connectivity index (χ0v) is 7.36. The van der Waals surface area contributed by atoms with Crippen LogP contribution in [-0.2, 0) is 4.84 Å². The van der Waals surface area contributed by atoms with Crippen molar-refractivity contribution in [3.05, 3.63) is 0 Å². The first kappa shape index (κ1) is 7.86. The largest absolute Gasteiger partial charge is 0.398 e. The van der Waals surface area contributed by atoms with Crippen LogP contribution in [0.15, 0.2) is 5.16 Å². The lowest BCUT2D eigenvalue weighted by Crippen LogP contribution is -2.34. The van der Waals surface area contributed by atoms with Crippen LogP contribution in [0.4, 0.5) is 0 Å². The monoisotopic (exact) mass is 169 g/mol. The Morgan fingerprint density at radius 2 is 2.42 bits per heavy atom. The average molecular weight is 169 g/mol. The number of amidine groups is 1. The van der Waals surface area contributed by atoms with Gasteiger partial charge in [-0.05, 0) is 18.9 Å². The number of hydrogen-bond acceptors (Lipinski definition) is 3. The number of hydrogen-bond donors (Lipinski definition) is 1. The molecule has 0 amide bonds. The Balaban J connectivity index is 2.02. The Hall–Kier alpha value is -0.770. The lowest BCUT2D eigenvalue weighted by Gasteiger charge is -2.20. The minimum atomic E-state index is 0.443. The Bertz CT molecular complexity index is 204. The molecule has 12 heavy (non-hydrogen) atoms. The van der Waals surface area contributed by atoms with Crippen LogP contribution in [0.2, 0.25) is 0 Å². The van der Waals surface area contributed by atoms with Gasteiger partial charge < -0.3 is 15.5 Å². The van der Waals surface area contributed by atoms with Crippen LogP contribution >= 0.6 is 0 Å². The molecule has 0 aromatic carbocycles. The SMILES string of the molecule is CON=C(N)C1CN2CCC1C2. The van der Waals surface area contributed by atoms with Crippen molar-refractivity contribution in [1.29, 1.82) is 0 Å². The molecule has 3 atom stereocenters. The molecule has 2 rings (SSSR count). The van der Waals surface area contributed by atoms with Gasteiger partial charge in [0.1, 0.15) is 12.9 Å². The van der Waals surface area contributed by atoms with E-state index in [0.717, 1.165) is 12.5 Å². The number of oxime groups is 1. The van der Waals surface area contributed by atoms with Crippen molar-refractivity contribution in [2.45, 2.75) is 6.42 Å². The molecule has 3 unspecified atom stereocenters. The standard InChI is InChI=1S/C8H15N3O/c1-12-10-8(9)7-5-11-3-2-6(7)4-11/h6-7H,2-5H2,1H3,(H2,9,10). The van der Waals surface area contributed by atoms with Crippen LogP contribution in [0.5, 0.6) is 0 Å². The lowest BCUT2D eigenvalue weighted by atomic mass is 9.92. The molecule has 2 heterocycles. The van der Waals surface area contributed by atoms with E-state index in [0.29, 0.717) is 11.8 Å². The third-order valence-electron chi connectivity index (χ3n) is 2.91. The van der Waals surface area contributed by atoms with Gasteiger partial charge in [0.15, 0.2) is 0 Å². The summed E-state index contributed by atoms with van der Waals surface area (Å²) in [5, 5.41) is 3.79. The van der Waals surface area contributed by atoms with E-state index in [1.165, 1.54) is 19.5 Å². The normalized spacial score (nSPS) is 40.4. The van der Waals surface area contributed by atoms with Crippen LogP contribution in [0.1, 0.15) is 6.42 Å². The summed E-state index contributed by atoms with van der Waals surface area (Å²) in [5.74, 6) is 1.84. The molecule has 0 radical (unpaired) electrons. The molecule has 0 saturated carbocycles. The summed E-state index contributed by atoms with van der Waals surface area (Å²) in [6, 6.07) is 0. The summed E-state index contributed by atoms with van der Waals surface area (Å²) < 4.78 is 0. The van der Waals surface area contributed by atoms with E-state index in [4.69, 9.17) is 5.73 Å². The van der Waals surface area contributed by atoms with Gasteiger partial charge >= 0.3 is 0 Å². The highest BCUT2D eigenvalue weighted by Crippen LogP contribution is 2.32. The highest BCUT2D eigenvalue weighted by atomic mass is 16.6. The van der Waals surface area contributed by atoms with Crippen molar-refractivity contribution in [3.63, 3.8) is 0 Å². The fraction of sp³-hybridized carbons (Fsp3) is 0.875. The first-order valence-electron chi connectivity index (χ1n) is 4.40. The van der Waals surface area contributed by atoms with Gasteiger partial charge in [-0.15, -0.1) is 0 Å². The highest BCUT2D eigenvalue weighted by Gasteiger charge is 2.40. The molecule has 68 valence electrons. The van der Waals surface area contributed by atoms with Crippen LogP contribution in [0.3, 0.4) is 0 Å². The van der Waals surface area contributed by atoms with Crippen LogP contribution in [-0.4, -0.2) is 37.5 Å². The molecule has 4 heteroatoms. The summed E-state index contributed by atoms with van der Waals surface area (Å²) >= 11 is 0. The second kappa shape index (κ2) is 2.94. The maximum Gasteiger partial charge on any atom is 0.144 e. The van der Waals surface area contributed by atoms with E-state index in [9.17, 15) is 0 Å². The molecule has 0 aromatic heterocycles. The van der Waals surface area contributed by atoms with E-state index in [2.05, 4.69) is 14.9 Å². The van der Waals surface area contributed by atoms with Gasteiger partial charge in [-0.1, -0.05) is 5.16 Å². The van der Waals surface area contributed by atoms with E-state index in [1.54, 1.807) is 7.11 Å². The van der Waals surface area contributed by atoms with Gasteiger partial charge in [-0.2, -0.15) is 0 Å². The molecule has 2 aliphatic heterocycles. The number of fused-ring (bicyclic) bond motifs is 2. The third-order valence-corrected chi connectivity index (χ3v) is 2.91. The molecule has 2 saturated heterocycles. The first-order chi connectivity index (χ1) is 5.81. The van der Waals surface area contributed by atoms with E-state index >= 15 is 0 Å². The second-order valence-electron chi connectivity index (χ2n) is 3.61. The van der Waals surface area contributed by atoms with Crippen molar-refractivity contribution in [3.8, 4) is 0 Å². The minimum absolute atomic E-state index is 0.443. The first-order valence-corrected chi connectivity index (χ1v) is 4.40. The molecular weight excluding hydrogens is 154 g/mol. The van der Waals surface area contributed by atoms with Crippen molar-refractivity contribution in [2.24, 2.45) is 22.7 Å². The lowest BCUT2D eigenvalue weighted by molar-refractivity contribution is 0.208. The highest BCUT2D eigenvalue weighted by molar-refractivity contribution is 5.83. The van der Waals surface area contributed by atoms with Gasteiger partial charge in [0.2, 0.25) is 0 Å². The zero-order valence-electron chi connectivity index (χ0n) is 7.36. The second-order valence-corrected chi connectivity index (χ2v) is 3.61. The maximum atomic E-state index is 5.77. The predicted octanol–water partition coefficient (Wildman–Crippen LogP) is -0.143. The number of nitrogens with zero attached hydrogens (tertiary/aromatic N) is 2. The molecular formula is C8H15N3O. The van der Waals surface area contributed by atoms with Crippen molar-refractivity contribution >= 4 is 5.84 Å². The Morgan fingerprint density at radius 3 is 2.92 bits per heavy atom. The molecule has 2 bridgehead atoms. The molecule has 2 aliphatic rings. The topological polar surface area (TPSA) is 50.9 Å². The molecule has 0 aromatic rings. The van der Waals surface area contributed by atoms with E-state index in [-0.39, 0.29) is 0 Å². The number of nitrogens with two attached hydrogens (primary N) is 1. The molecule has 4 nitrogen and oxygen atoms in total. The predicted molar refractivity (Wildman–Crippen MR) is 46.7 cm³/mol. The quantitative estimate of drug-likeness (QED) is 0.355. The van der Waals surface area contributed by atoms with Crippen molar-refractivity contribution < 1.29 is 4.84 Å². The third kappa shape index (κ3) is 1.16. The minimum Gasteiger partial charge on any atom is -0.398 e. The summed E-state index contributed by atoms with van der Waals surface area (Å²) in [6.45, 7) is 3.51. The summed E-state index contributed by atoms with van der Waals surface area (Å²) in [6.07, 6.45) is 1.27. The van der Waals surface area contributed by atoms with Crippen LogP contribution in [0.25, 0.3) is 0 Å².